The zero-order valence-corrected chi connectivity index (χ0v) is 18.7. The van der Waals surface area contributed by atoms with Gasteiger partial charge in [-0.1, -0.05) is 37.3 Å². The van der Waals surface area contributed by atoms with E-state index >= 15 is 0 Å². The molecule has 164 valence electrons. The number of benzene rings is 3. The minimum Gasteiger partial charge on any atom is -0.497 e. The molecule has 3 aromatic carbocycles. The molecule has 0 aromatic heterocycles. The average Bonchev–Trinajstić information content (AvgIpc) is 2.78. The molecule has 0 aliphatic carbocycles. The van der Waals surface area contributed by atoms with Gasteiger partial charge in [-0.2, -0.15) is 0 Å². The van der Waals surface area contributed by atoms with Gasteiger partial charge in [0, 0.05) is 34.3 Å². The van der Waals surface area contributed by atoms with Crippen molar-refractivity contribution in [3.63, 3.8) is 0 Å². The highest BCUT2D eigenvalue weighted by molar-refractivity contribution is 6.08. The second kappa shape index (κ2) is 7.79. The second-order valence-corrected chi connectivity index (χ2v) is 9.01. The van der Waals surface area contributed by atoms with Crippen molar-refractivity contribution in [2.45, 2.75) is 38.1 Å². The first-order valence-electron chi connectivity index (χ1n) is 10.5. The van der Waals surface area contributed by atoms with E-state index in [0.717, 1.165) is 22.6 Å². The van der Waals surface area contributed by atoms with Crippen LogP contribution in [0.4, 0.5) is 11.4 Å². The number of rotatable bonds is 4. The van der Waals surface area contributed by atoms with Gasteiger partial charge in [-0.05, 0) is 61.7 Å². The quantitative estimate of drug-likeness (QED) is 0.391. The Balaban J connectivity index is 1.81. The van der Waals surface area contributed by atoms with Crippen LogP contribution in [-0.4, -0.2) is 23.5 Å². The largest absolute Gasteiger partial charge is 0.497 e. The van der Waals surface area contributed by atoms with Gasteiger partial charge in [0.05, 0.1) is 12.0 Å². The summed E-state index contributed by atoms with van der Waals surface area (Å²) in [7, 11) is 1.65. The Morgan fingerprint density at radius 1 is 0.969 bits per heavy atom. The molecule has 0 bridgehead atoms. The Morgan fingerprint density at radius 2 is 1.59 bits per heavy atom. The molecule has 6 heteroatoms. The third kappa shape index (κ3) is 3.51. The maximum Gasteiger partial charge on any atom is 0.269 e. The Bertz CT molecular complexity index is 1170. The van der Waals surface area contributed by atoms with Crippen LogP contribution in [0, 0.1) is 10.1 Å². The molecule has 0 spiro atoms. The molecule has 0 radical (unpaired) electrons. The summed E-state index contributed by atoms with van der Waals surface area (Å²) in [4.78, 5) is 26.0. The third-order valence-electron chi connectivity index (χ3n) is 6.39. The smallest absolute Gasteiger partial charge is 0.269 e. The number of carbonyl (C=O) groups excluding carboxylic acids is 1. The van der Waals surface area contributed by atoms with Crippen LogP contribution in [0.5, 0.6) is 5.75 Å². The van der Waals surface area contributed by atoms with Crippen LogP contribution in [0.3, 0.4) is 0 Å². The summed E-state index contributed by atoms with van der Waals surface area (Å²) in [5.41, 5.74) is 2.66. The van der Waals surface area contributed by atoms with Crippen molar-refractivity contribution in [2.24, 2.45) is 0 Å². The molecule has 1 heterocycles. The fraction of sp³-hybridized carbons (Fsp3) is 0.269. The van der Waals surface area contributed by atoms with E-state index in [1.807, 2.05) is 35.2 Å². The van der Waals surface area contributed by atoms with E-state index in [9.17, 15) is 14.9 Å². The Morgan fingerprint density at radius 3 is 2.19 bits per heavy atom. The number of nitro benzene ring substituents is 1. The molecule has 0 saturated carbocycles. The van der Waals surface area contributed by atoms with E-state index in [2.05, 4.69) is 39.0 Å². The number of methoxy groups -OCH3 is 1. The number of carbonyl (C=O) groups is 1. The fourth-order valence-corrected chi connectivity index (χ4v) is 4.96. The Kier molecular flexibility index (Phi) is 5.25. The molecule has 32 heavy (non-hydrogen) atoms. The lowest BCUT2D eigenvalue weighted by molar-refractivity contribution is -0.384. The molecule has 4 rings (SSSR count). The van der Waals surface area contributed by atoms with E-state index < -0.39 is 10.5 Å². The van der Waals surface area contributed by atoms with Gasteiger partial charge >= 0.3 is 0 Å². The highest BCUT2D eigenvalue weighted by atomic mass is 16.6. The number of nitro groups is 1. The van der Waals surface area contributed by atoms with Crippen molar-refractivity contribution in [2.75, 3.05) is 12.0 Å². The van der Waals surface area contributed by atoms with Crippen LogP contribution in [0.1, 0.15) is 48.7 Å². The van der Waals surface area contributed by atoms with E-state index in [0.29, 0.717) is 12.0 Å². The number of para-hydroxylation sites is 1. The van der Waals surface area contributed by atoms with Gasteiger partial charge in [0.2, 0.25) is 0 Å². The van der Waals surface area contributed by atoms with Gasteiger partial charge in [0.15, 0.2) is 0 Å². The number of hydrogen-bond acceptors (Lipinski definition) is 4. The minimum atomic E-state index is -0.498. The van der Waals surface area contributed by atoms with Crippen molar-refractivity contribution in [3.8, 4) is 5.75 Å². The number of hydrogen-bond donors (Lipinski definition) is 0. The van der Waals surface area contributed by atoms with Crippen LogP contribution in [-0.2, 0) is 5.41 Å². The first kappa shape index (κ1) is 21.6. The second-order valence-electron chi connectivity index (χ2n) is 9.01. The summed E-state index contributed by atoms with van der Waals surface area (Å²) in [6.07, 6.45) is 0.710. The molecular weight excluding hydrogens is 404 g/mol. The van der Waals surface area contributed by atoms with Crippen molar-refractivity contribution < 1.29 is 14.5 Å². The minimum absolute atomic E-state index is 0.0352. The highest BCUT2D eigenvalue weighted by Crippen LogP contribution is 2.50. The molecular formula is C26H26N2O4. The van der Waals surface area contributed by atoms with Gasteiger partial charge in [0.1, 0.15) is 5.75 Å². The molecule has 6 nitrogen and oxygen atoms in total. The lowest BCUT2D eigenvalue weighted by Gasteiger charge is -2.51. The summed E-state index contributed by atoms with van der Waals surface area (Å²) < 4.78 is 5.33. The van der Waals surface area contributed by atoms with Crippen molar-refractivity contribution >= 4 is 17.3 Å². The number of nitrogens with zero attached hydrogens (tertiary/aromatic N) is 2. The van der Waals surface area contributed by atoms with E-state index in [-0.39, 0.29) is 17.0 Å². The summed E-state index contributed by atoms with van der Waals surface area (Å²) in [6.45, 7) is 6.34. The van der Waals surface area contributed by atoms with E-state index in [1.165, 1.54) is 24.3 Å². The predicted molar refractivity (Wildman–Crippen MR) is 124 cm³/mol. The molecule has 0 saturated heterocycles. The SMILES string of the molecule is COc1ccc([C@@]2(C)CC(C)(C)N(C(=O)c3ccc([N+](=O)[O-])cc3)c3ccccc32)cc1. The van der Waals surface area contributed by atoms with Gasteiger partial charge in [-0.3, -0.25) is 14.9 Å². The number of anilines is 1. The average molecular weight is 431 g/mol. The lowest BCUT2D eigenvalue weighted by atomic mass is 9.65. The van der Waals surface area contributed by atoms with Crippen molar-refractivity contribution in [1.82, 2.24) is 0 Å². The van der Waals surface area contributed by atoms with Crippen LogP contribution >= 0.6 is 0 Å². The van der Waals surface area contributed by atoms with Gasteiger partial charge in [-0.15, -0.1) is 0 Å². The van der Waals surface area contributed by atoms with Crippen LogP contribution in [0.25, 0.3) is 0 Å². The van der Waals surface area contributed by atoms with Crippen molar-refractivity contribution in [1.29, 1.82) is 0 Å². The molecule has 1 aliphatic rings. The maximum absolute atomic E-state index is 13.6. The van der Waals surface area contributed by atoms with Gasteiger partial charge in [-0.25, -0.2) is 0 Å². The number of amides is 1. The number of ether oxygens (including phenoxy) is 1. The summed E-state index contributed by atoms with van der Waals surface area (Å²) in [5, 5.41) is 11.0. The molecule has 1 aliphatic heterocycles. The molecule has 3 aromatic rings. The first-order valence-corrected chi connectivity index (χ1v) is 10.5. The molecule has 1 atom stereocenters. The summed E-state index contributed by atoms with van der Waals surface area (Å²) in [5.74, 6) is 0.629. The van der Waals surface area contributed by atoms with E-state index in [4.69, 9.17) is 4.74 Å². The standard InChI is InChI=1S/C26H26N2O4/c1-25(2)17-26(3,19-11-15-21(32-4)16-12-19)22-7-5-6-8-23(22)27(25)24(29)18-9-13-20(14-10-18)28(30)31/h5-16H,17H2,1-4H3/t26-/m1/s1. The predicted octanol–water partition coefficient (Wildman–Crippen LogP) is 5.74. The molecule has 1 amide bonds. The Labute approximate surface area is 187 Å². The van der Waals surface area contributed by atoms with Crippen LogP contribution in [0.2, 0.25) is 0 Å². The van der Waals surface area contributed by atoms with Crippen molar-refractivity contribution in [3.05, 3.63) is 99.6 Å². The maximum atomic E-state index is 13.6. The third-order valence-corrected chi connectivity index (χ3v) is 6.39. The summed E-state index contributed by atoms with van der Waals surface area (Å²) >= 11 is 0. The zero-order chi connectivity index (χ0) is 23.1. The van der Waals surface area contributed by atoms with E-state index in [1.54, 1.807) is 7.11 Å². The van der Waals surface area contributed by atoms with Crippen LogP contribution in [0.15, 0.2) is 72.8 Å². The molecule has 0 fully saturated rings. The summed E-state index contributed by atoms with van der Waals surface area (Å²) in [6, 6.07) is 21.9. The molecule has 0 N–H and O–H groups in total. The van der Waals surface area contributed by atoms with Gasteiger partial charge < -0.3 is 9.64 Å². The van der Waals surface area contributed by atoms with Crippen LogP contribution < -0.4 is 9.64 Å². The highest BCUT2D eigenvalue weighted by Gasteiger charge is 2.47. The first-order chi connectivity index (χ1) is 15.2. The Hall–Kier alpha value is -3.67. The van der Waals surface area contributed by atoms with Gasteiger partial charge in [0.25, 0.3) is 11.6 Å². The topological polar surface area (TPSA) is 72.7 Å². The fourth-order valence-electron chi connectivity index (χ4n) is 4.96. The molecule has 0 unspecified atom stereocenters. The zero-order valence-electron chi connectivity index (χ0n) is 18.7. The number of fused-ring (bicyclic) bond motifs is 1. The monoisotopic (exact) mass is 430 g/mol. The lowest BCUT2D eigenvalue weighted by Crippen LogP contribution is -2.55. The normalized spacial score (nSPS) is 19.2. The number of non-ortho nitro benzene ring substituents is 1.